The normalized spacial score (nSPS) is 11.6. The monoisotopic (exact) mass is 463 g/mol. The van der Waals surface area contributed by atoms with E-state index in [4.69, 9.17) is 13.9 Å². The van der Waals surface area contributed by atoms with Crippen LogP contribution in [0.1, 0.15) is 12.5 Å². The highest BCUT2D eigenvalue weighted by molar-refractivity contribution is 6.09. The summed E-state index contributed by atoms with van der Waals surface area (Å²) in [6.45, 7) is 1.90. The topological polar surface area (TPSA) is 60.7 Å². The SMILES string of the molecule is COc1cccc(-c2coc3cc(OC)c(/C(C)=C/C(=O)Nc4cccc5ccccc45)cc23)c1. The number of ether oxygens (including phenoxy) is 2. The number of hydrogen-bond donors (Lipinski definition) is 1. The van der Waals surface area contributed by atoms with Gasteiger partial charge in [0.05, 0.1) is 20.5 Å². The first-order valence-corrected chi connectivity index (χ1v) is 11.3. The van der Waals surface area contributed by atoms with Gasteiger partial charge in [-0.05, 0) is 47.7 Å². The second kappa shape index (κ2) is 9.39. The molecule has 0 atom stereocenters. The Morgan fingerprint density at radius 2 is 1.69 bits per heavy atom. The number of furan rings is 1. The molecule has 0 fully saturated rings. The summed E-state index contributed by atoms with van der Waals surface area (Å²) in [4.78, 5) is 13.0. The number of anilines is 1. The van der Waals surface area contributed by atoms with Crippen LogP contribution in [-0.4, -0.2) is 20.1 Å². The molecule has 0 aliphatic heterocycles. The van der Waals surface area contributed by atoms with Gasteiger partial charge in [-0.1, -0.05) is 48.5 Å². The fraction of sp³-hybridized carbons (Fsp3) is 0.100. The minimum absolute atomic E-state index is 0.207. The molecule has 1 aromatic heterocycles. The Kier molecular flexibility index (Phi) is 5.98. The average molecular weight is 464 g/mol. The Bertz CT molecular complexity index is 1570. The van der Waals surface area contributed by atoms with Gasteiger partial charge in [-0.15, -0.1) is 0 Å². The molecule has 0 spiro atoms. The summed E-state index contributed by atoms with van der Waals surface area (Å²) in [5.74, 6) is 1.20. The maximum atomic E-state index is 13.0. The van der Waals surface area contributed by atoms with E-state index >= 15 is 0 Å². The Morgan fingerprint density at radius 1 is 0.886 bits per heavy atom. The number of allylic oxidation sites excluding steroid dienone is 1. The highest BCUT2D eigenvalue weighted by Crippen LogP contribution is 2.38. The van der Waals surface area contributed by atoms with Crippen molar-refractivity contribution in [1.82, 2.24) is 0 Å². The zero-order valence-electron chi connectivity index (χ0n) is 19.8. The molecule has 5 heteroatoms. The van der Waals surface area contributed by atoms with Gasteiger partial charge < -0.3 is 19.2 Å². The van der Waals surface area contributed by atoms with Crippen molar-refractivity contribution in [3.05, 3.63) is 96.8 Å². The van der Waals surface area contributed by atoms with Gasteiger partial charge in [0, 0.05) is 39.7 Å². The van der Waals surface area contributed by atoms with E-state index in [0.717, 1.165) is 49.9 Å². The summed E-state index contributed by atoms with van der Waals surface area (Å²) in [6.07, 6.45) is 3.33. The summed E-state index contributed by atoms with van der Waals surface area (Å²) in [6, 6.07) is 25.5. The predicted molar refractivity (Wildman–Crippen MR) is 141 cm³/mol. The molecule has 1 heterocycles. The first-order chi connectivity index (χ1) is 17.1. The van der Waals surface area contributed by atoms with Crippen molar-refractivity contribution in [2.75, 3.05) is 19.5 Å². The van der Waals surface area contributed by atoms with Crippen LogP contribution >= 0.6 is 0 Å². The number of nitrogens with one attached hydrogen (secondary N) is 1. The maximum absolute atomic E-state index is 13.0. The number of fused-ring (bicyclic) bond motifs is 2. The lowest BCUT2D eigenvalue weighted by Crippen LogP contribution is -2.09. The Hall–Kier alpha value is -4.51. The first-order valence-electron chi connectivity index (χ1n) is 11.3. The van der Waals surface area contributed by atoms with Crippen molar-refractivity contribution < 1.29 is 18.7 Å². The number of rotatable bonds is 6. The Labute approximate surface area is 203 Å². The number of amides is 1. The van der Waals surface area contributed by atoms with Crippen LogP contribution in [0.15, 0.2) is 95.6 Å². The summed E-state index contributed by atoms with van der Waals surface area (Å²) >= 11 is 0. The molecule has 0 bridgehead atoms. The largest absolute Gasteiger partial charge is 0.497 e. The van der Waals surface area contributed by atoms with Gasteiger partial charge in [0.2, 0.25) is 5.91 Å². The molecule has 174 valence electrons. The minimum Gasteiger partial charge on any atom is -0.497 e. The van der Waals surface area contributed by atoms with E-state index in [2.05, 4.69) is 5.32 Å². The molecule has 0 saturated carbocycles. The highest BCUT2D eigenvalue weighted by atomic mass is 16.5. The van der Waals surface area contributed by atoms with Crippen molar-refractivity contribution in [1.29, 1.82) is 0 Å². The zero-order chi connectivity index (χ0) is 24.4. The van der Waals surface area contributed by atoms with E-state index in [1.165, 1.54) is 0 Å². The van der Waals surface area contributed by atoms with Crippen LogP contribution in [0.25, 0.3) is 38.4 Å². The third-order valence-corrected chi connectivity index (χ3v) is 6.10. The number of carbonyl (C=O) groups is 1. The quantitative estimate of drug-likeness (QED) is 0.268. The van der Waals surface area contributed by atoms with Crippen LogP contribution in [0.2, 0.25) is 0 Å². The molecular weight excluding hydrogens is 438 g/mol. The van der Waals surface area contributed by atoms with E-state index < -0.39 is 0 Å². The molecule has 1 amide bonds. The van der Waals surface area contributed by atoms with Crippen molar-refractivity contribution in [3.8, 4) is 22.6 Å². The van der Waals surface area contributed by atoms with Crippen LogP contribution in [-0.2, 0) is 4.79 Å². The number of hydrogen-bond acceptors (Lipinski definition) is 4. The van der Waals surface area contributed by atoms with Gasteiger partial charge in [0.15, 0.2) is 0 Å². The molecule has 5 aromatic rings. The molecule has 1 N–H and O–H groups in total. The lowest BCUT2D eigenvalue weighted by Gasteiger charge is -2.11. The molecule has 4 aromatic carbocycles. The lowest BCUT2D eigenvalue weighted by atomic mass is 9.99. The van der Waals surface area contributed by atoms with Crippen LogP contribution in [0.3, 0.4) is 0 Å². The van der Waals surface area contributed by atoms with Crippen molar-refractivity contribution in [2.24, 2.45) is 0 Å². The summed E-state index contributed by atoms with van der Waals surface area (Å²) in [5.41, 5.74) is 4.99. The standard InChI is InChI=1S/C30H25NO4/c1-19(14-30(32)31-27-13-7-9-20-8-4-5-12-23(20)27)24-16-25-26(18-35-29(25)17-28(24)34-3)21-10-6-11-22(15-21)33-2/h4-18H,1-3H3,(H,31,32)/b19-14+. The smallest absolute Gasteiger partial charge is 0.248 e. The van der Waals surface area contributed by atoms with Gasteiger partial charge in [-0.2, -0.15) is 0 Å². The van der Waals surface area contributed by atoms with Crippen LogP contribution in [0.4, 0.5) is 5.69 Å². The summed E-state index contributed by atoms with van der Waals surface area (Å²) < 4.78 is 16.8. The van der Waals surface area contributed by atoms with Crippen LogP contribution in [0.5, 0.6) is 11.5 Å². The highest BCUT2D eigenvalue weighted by Gasteiger charge is 2.15. The van der Waals surface area contributed by atoms with Crippen LogP contribution < -0.4 is 14.8 Å². The predicted octanol–water partition coefficient (Wildman–Crippen LogP) is 7.31. The fourth-order valence-corrected chi connectivity index (χ4v) is 4.32. The van der Waals surface area contributed by atoms with E-state index in [9.17, 15) is 4.79 Å². The van der Waals surface area contributed by atoms with Crippen molar-refractivity contribution in [3.63, 3.8) is 0 Å². The third kappa shape index (κ3) is 4.36. The van der Waals surface area contributed by atoms with E-state index in [-0.39, 0.29) is 5.91 Å². The summed E-state index contributed by atoms with van der Waals surface area (Å²) in [7, 11) is 3.26. The van der Waals surface area contributed by atoms with Gasteiger partial charge >= 0.3 is 0 Å². The molecule has 0 unspecified atom stereocenters. The Morgan fingerprint density at radius 3 is 2.51 bits per heavy atom. The Balaban J connectivity index is 1.51. The van der Waals surface area contributed by atoms with Crippen molar-refractivity contribution in [2.45, 2.75) is 6.92 Å². The molecule has 35 heavy (non-hydrogen) atoms. The van der Waals surface area contributed by atoms with Gasteiger partial charge in [0.25, 0.3) is 0 Å². The maximum Gasteiger partial charge on any atom is 0.248 e. The molecule has 5 nitrogen and oxygen atoms in total. The summed E-state index contributed by atoms with van der Waals surface area (Å²) in [5, 5.41) is 6.01. The van der Waals surface area contributed by atoms with Gasteiger partial charge in [-0.3, -0.25) is 4.79 Å². The second-order valence-electron chi connectivity index (χ2n) is 8.27. The van der Waals surface area contributed by atoms with E-state index in [1.54, 1.807) is 26.6 Å². The molecular formula is C30H25NO4. The van der Waals surface area contributed by atoms with E-state index in [1.807, 2.05) is 85.8 Å². The molecule has 5 rings (SSSR count). The number of benzene rings is 4. The van der Waals surface area contributed by atoms with Crippen LogP contribution in [0, 0.1) is 0 Å². The average Bonchev–Trinajstić information content (AvgIpc) is 3.31. The number of methoxy groups -OCH3 is 2. The number of carbonyl (C=O) groups excluding carboxylic acids is 1. The molecule has 0 aliphatic rings. The van der Waals surface area contributed by atoms with Crippen molar-refractivity contribution >= 4 is 38.9 Å². The molecule has 0 radical (unpaired) electrons. The zero-order valence-corrected chi connectivity index (χ0v) is 19.8. The van der Waals surface area contributed by atoms with Gasteiger partial charge in [0.1, 0.15) is 17.1 Å². The molecule has 0 saturated heterocycles. The first kappa shape index (κ1) is 22.3. The lowest BCUT2D eigenvalue weighted by molar-refractivity contribution is -0.111. The van der Waals surface area contributed by atoms with Gasteiger partial charge in [-0.25, -0.2) is 0 Å². The fourth-order valence-electron chi connectivity index (χ4n) is 4.32. The second-order valence-corrected chi connectivity index (χ2v) is 8.27. The van der Waals surface area contributed by atoms with E-state index in [0.29, 0.717) is 11.3 Å². The third-order valence-electron chi connectivity index (χ3n) is 6.10. The minimum atomic E-state index is -0.207. The molecule has 0 aliphatic carbocycles.